The summed E-state index contributed by atoms with van der Waals surface area (Å²) in [5.41, 5.74) is 0. The average Bonchev–Trinajstić information content (AvgIpc) is 2.19. The van der Waals surface area contributed by atoms with Crippen LogP contribution in [0.2, 0.25) is 0 Å². The Balaban J connectivity index is 2.22. The van der Waals surface area contributed by atoms with E-state index < -0.39 is 0 Å². The predicted molar refractivity (Wildman–Crippen MR) is 57.5 cm³/mol. The molecule has 0 spiro atoms. The van der Waals surface area contributed by atoms with Gasteiger partial charge in [0, 0.05) is 18.8 Å². The molecule has 0 saturated carbocycles. The molecule has 0 aliphatic rings. The van der Waals surface area contributed by atoms with Gasteiger partial charge in [-0.05, 0) is 33.0 Å². The van der Waals surface area contributed by atoms with E-state index in [9.17, 15) is 0 Å². The van der Waals surface area contributed by atoms with E-state index in [0.717, 1.165) is 12.3 Å². The Morgan fingerprint density at radius 3 is 2.86 bits per heavy atom. The molecule has 0 unspecified atom stereocenters. The zero-order chi connectivity index (χ0) is 10.4. The minimum Gasteiger partial charge on any atom is -0.491 e. The van der Waals surface area contributed by atoms with Crippen LogP contribution in [-0.4, -0.2) is 36.1 Å². The third-order valence-corrected chi connectivity index (χ3v) is 2.23. The molecule has 0 aliphatic carbocycles. The second kappa shape index (κ2) is 5.60. The molecule has 0 aliphatic heterocycles. The van der Waals surface area contributed by atoms with Crippen molar-refractivity contribution in [2.75, 3.05) is 20.2 Å². The van der Waals surface area contributed by atoms with Crippen molar-refractivity contribution in [1.29, 1.82) is 0 Å². The summed E-state index contributed by atoms with van der Waals surface area (Å²) >= 11 is 0. The second-order valence-electron chi connectivity index (χ2n) is 3.61. The number of pyridine rings is 1. The number of aromatic nitrogens is 1. The van der Waals surface area contributed by atoms with E-state index in [1.54, 1.807) is 12.4 Å². The molecule has 14 heavy (non-hydrogen) atoms. The maximum atomic E-state index is 5.52. The van der Waals surface area contributed by atoms with Crippen LogP contribution in [0.4, 0.5) is 0 Å². The number of ether oxygens (including phenoxy) is 1. The Hall–Kier alpha value is -1.09. The zero-order valence-electron chi connectivity index (χ0n) is 9.10. The Kier molecular flexibility index (Phi) is 4.40. The molecule has 0 N–H and O–H groups in total. The molecule has 1 heterocycles. The molecule has 1 rings (SSSR count). The monoisotopic (exact) mass is 194 g/mol. The van der Waals surface area contributed by atoms with E-state index in [0.29, 0.717) is 12.6 Å². The topological polar surface area (TPSA) is 25.4 Å². The highest BCUT2D eigenvalue weighted by Gasteiger charge is 2.02. The van der Waals surface area contributed by atoms with Crippen molar-refractivity contribution in [2.45, 2.75) is 19.9 Å². The lowest BCUT2D eigenvalue weighted by molar-refractivity contribution is 0.208. The first kappa shape index (κ1) is 11.0. The Labute approximate surface area is 85.7 Å². The first-order valence-corrected chi connectivity index (χ1v) is 4.93. The molecule has 3 nitrogen and oxygen atoms in total. The summed E-state index contributed by atoms with van der Waals surface area (Å²) in [5.74, 6) is 0.838. The molecular formula is C11H18N2O. The van der Waals surface area contributed by atoms with Gasteiger partial charge in [-0.2, -0.15) is 0 Å². The van der Waals surface area contributed by atoms with Gasteiger partial charge in [0.25, 0.3) is 0 Å². The smallest absolute Gasteiger partial charge is 0.137 e. The van der Waals surface area contributed by atoms with Crippen molar-refractivity contribution in [2.24, 2.45) is 0 Å². The summed E-state index contributed by atoms with van der Waals surface area (Å²) in [7, 11) is 2.09. The maximum absolute atomic E-state index is 5.52. The molecule has 0 atom stereocenters. The normalized spacial score (nSPS) is 10.9. The van der Waals surface area contributed by atoms with Gasteiger partial charge in [0.05, 0.1) is 6.20 Å². The summed E-state index contributed by atoms with van der Waals surface area (Å²) in [5, 5.41) is 0. The molecule has 0 fully saturated rings. The number of nitrogens with zero attached hydrogens (tertiary/aromatic N) is 2. The first-order chi connectivity index (χ1) is 6.70. The molecule has 0 radical (unpaired) electrons. The van der Waals surface area contributed by atoms with Gasteiger partial charge < -0.3 is 9.64 Å². The molecule has 1 aromatic heterocycles. The SMILES string of the molecule is CC(C)N(C)CCOc1cccnc1. The number of hydrogen-bond donors (Lipinski definition) is 0. The van der Waals surface area contributed by atoms with Gasteiger partial charge in [-0.15, -0.1) is 0 Å². The maximum Gasteiger partial charge on any atom is 0.137 e. The average molecular weight is 194 g/mol. The van der Waals surface area contributed by atoms with Gasteiger partial charge in [-0.3, -0.25) is 4.98 Å². The van der Waals surface area contributed by atoms with Gasteiger partial charge in [-0.25, -0.2) is 0 Å². The highest BCUT2D eigenvalue weighted by molar-refractivity contribution is 5.15. The van der Waals surface area contributed by atoms with Gasteiger partial charge in [0.15, 0.2) is 0 Å². The highest BCUT2D eigenvalue weighted by atomic mass is 16.5. The van der Waals surface area contributed by atoms with Crippen LogP contribution in [0.15, 0.2) is 24.5 Å². The molecule has 0 amide bonds. The fraction of sp³-hybridized carbons (Fsp3) is 0.545. The molecule has 0 bridgehead atoms. The van der Waals surface area contributed by atoms with E-state index >= 15 is 0 Å². The number of likely N-dealkylation sites (N-methyl/N-ethyl adjacent to an activating group) is 1. The predicted octanol–water partition coefficient (Wildman–Crippen LogP) is 1.80. The van der Waals surface area contributed by atoms with E-state index in [1.165, 1.54) is 0 Å². The Bertz CT molecular complexity index is 249. The minimum atomic E-state index is 0.562. The molecular weight excluding hydrogens is 176 g/mol. The van der Waals surface area contributed by atoms with Crippen LogP contribution in [0.5, 0.6) is 5.75 Å². The van der Waals surface area contributed by atoms with Crippen molar-refractivity contribution >= 4 is 0 Å². The molecule has 3 heteroatoms. The molecule has 0 saturated heterocycles. The number of hydrogen-bond acceptors (Lipinski definition) is 3. The van der Waals surface area contributed by atoms with E-state index in [-0.39, 0.29) is 0 Å². The van der Waals surface area contributed by atoms with Gasteiger partial charge in [0.1, 0.15) is 12.4 Å². The van der Waals surface area contributed by atoms with Crippen LogP contribution in [0.3, 0.4) is 0 Å². The largest absolute Gasteiger partial charge is 0.491 e. The summed E-state index contributed by atoms with van der Waals surface area (Å²) < 4.78 is 5.52. The van der Waals surface area contributed by atoms with Gasteiger partial charge in [0.2, 0.25) is 0 Å². The Morgan fingerprint density at radius 1 is 1.50 bits per heavy atom. The van der Waals surface area contributed by atoms with Crippen LogP contribution in [0, 0.1) is 0 Å². The van der Waals surface area contributed by atoms with Crippen molar-refractivity contribution in [3.8, 4) is 5.75 Å². The standard InChI is InChI=1S/C11H18N2O/c1-10(2)13(3)7-8-14-11-5-4-6-12-9-11/h4-6,9-10H,7-8H2,1-3H3. The fourth-order valence-electron chi connectivity index (χ4n) is 0.998. The zero-order valence-corrected chi connectivity index (χ0v) is 9.10. The van der Waals surface area contributed by atoms with Crippen LogP contribution in [0.1, 0.15) is 13.8 Å². The van der Waals surface area contributed by atoms with Crippen molar-refractivity contribution in [3.63, 3.8) is 0 Å². The third-order valence-electron chi connectivity index (χ3n) is 2.23. The van der Waals surface area contributed by atoms with Crippen molar-refractivity contribution < 1.29 is 4.74 Å². The summed E-state index contributed by atoms with van der Waals surface area (Å²) in [6.07, 6.45) is 3.47. The molecule has 78 valence electrons. The summed E-state index contributed by atoms with van der Waals surface area (Å²) in [6.45, 7) is 5.99. The van der Waals surface area contributed by atoms with Gasteiger partial charge in [-0.1, -0.05) is 0 Å². The lowest BCUT2D eigenvalue weighted by Gasteiger charge is -2.20. The van der Waals surface area contributed by atoms with Crippen LogP contribution in [0.25, 0.3) is 0 Å². The van der Waals surface area contributed by atoms with Crippen LogP contribution < -0.4 is 4.74 Å². The highest BCUT2D eigenvalue weighted by Crippen LogP contribution is 2.05. The quantitative estimate of drug-likeness (QED) is 0.714. The molecule has 0 aromatic carbocycles. The first-order valence-electron chi connectivity index (χ1n) is 4.93. The van der Waals surface area contributed by atoms with Crippen LogP contribution >= 0.6 is 0 Å². The van der Waals surface area contributed by atoms with Gasteiger partial charge >= 0.3 is 0 Å². The fourth-order valence-corrected chi connectivity index (χ4v) is 0.998. The molecule has 1 aromatic rings. The summed E-state index contributed by atoms with van der Waals surface area (Å²) in [4.78, 5) is 6.23. The minimum absolute atomic E-state index is 0.562. The number of rotatable bonds is 5. The third kappa shape index (κ3) is 3.75. The Morgan fingerprint density at radius 2 is 2.29 bits per heavy atom. The van der Waals surface area contributed by atoms with E-state index in [4.69, 9.17) is 4.74 Å². The van der Waals surface area contributed by atoms with E-state index in [1.807, 2.05) is 12.1 Å². The van der Waals surface area contributed by atoms with Crippen LogP contribution in [-0.2, 0) is 0 Å². The second-order valence-corrected chi connectivity index (χ2v) is 3.61. The lowest BCUT2D eigenvalue weighted by atomic mass is 10.3. The van der Waals surface area contributed by atoms with Crippen molar-refractivity contribution in [3.05, 3.63) is 24.5 Å². The van der Waals surface area contributed by atoms with E-state index in [2.05, 4.69) is 30.8 Å². The van der Waals surface area contributed by atoms with Crippen molar-refractivity contribution in [1.82, 2.24) is 9.88 Å². The summed E-state index contributed by atoms with van der Waals surface area (Å²) in [6, 6.07) is 4.36. The lowest BCUT2D eigenvalue weighted by Crippen LogP contribution is -2.30.